The number of rotatable bonds is 1. The fourth-order valence-corrected chi connectivity index (χ4v) is 3.35. The molecule has 3 rings (SSSR count). The maximum atomic E-state index is 12.6. The largest absolute Gasteiger partial charge is 0.353 e. The van der Waals surface area contributed by atoms with Crippen LogP contribution in [-0.4, -0.2) is 35.8 Å². The van der Waals surface area contributed by atoms with Gasteiger partial charge in [-0.25, -0.2) is 0 Å². The third-order valence-corrected chi connectivity index (χ3v) is 4.86. The number of piperidine rings is 2. The molecule has 2 atom stereocenters. The summed E-state index contributed by atoms with van der Waals surface area (Å²) in [5, 5.41) is 3.06. The van der Waals surface area contributed by atoms with E-state index in [1.807, 2.05) is 30.0 Å². The lowest BCUT2D eigenvalue weighted by molar-refractivity contribution is -0.125. The van der Waals surface area contributed by atoms with Crippen LogP contribution in [-0.2, 0) is 4.79 Å². The molecule has 4 nitrogen and oxygen atoms in total. The second-order valence-electron chi connectivity index (χ2n) is 6.31. The Morgan fingerprint density at radius 1 is 1.24 bits per heavy atom. The highest BCUT2D eigenvalue weighted by molar-refractivity contribution is 5.94. The lowest BCUT2D eigenvalue weighted by atomic mass is 9.85. The normalized spacial score (nSPS) is 25.2. The summed E-state index contributed by atoms with van der Waals surface area (Å²) in [5.41, 5.74) is 3.14. The van der Waals surface area contributed by atoms with E-state index >= 15 is 0 Å². The minimum atomic E-state index is 0.119. The smallest absolute Gasteiger partial charge is 0.253 e. The van der Waals surface area contributed by atoms with Crippen molar-refractivity contribution in [1.82, 2.24) is 10.2 Å². The van der Waals surface area contributed by atoms with Gasteiger partial charge in [-0.05, 0) is 55.9 Å². The molecular formula is C17H22N2O2. The van der Waals surface area contributed by atoms with Crippen molar-refractivity contribution in [3.05, 3.63) is 34.9 Å². The molecule has 0 saturated carbocycles. The van der Waals surface area contributed by atoms with E-state index in [9.17, 15) is 9.59 Å². The van der Waals surface area contributed by atoms with Crippen molar-refractivity contribution >= 4 is 11.8 Å². The van der Waals surface area contributed by atoms with Gasteiger partial charge in [-0.1, -0.05) is 6.07 Å². The molecule has 1 aromatic carbocycles. The fourth-order valence-electron chi connectivity index (χ4n) is 3.35. The van der Waals surface area contributed by atoms with E-state index in [2.05, 4.69) is 12.2 Å². The van der Waals surface area contributed by atoms with E-state index in [4.69, 9.17) is 0 Å². The number of hydrogen-bond acceptors (Lipinski definition) is 2. The Balaban J connectivity index is 1.71. The first kappa shape index (κ1) is 14.1. The molecule has 2 fully saturated rings. The first-order valence-corrected chi connectivity index (χ1v) is 7.70. The van der Waals surface area contributed by atoms with Crippen LogP contribution >= 0.6 is 0 Å². The number of hydrogen-bond donors (Lipinski definition) is 1. The molecule has 2 unspecified atom stereocenters. The van der Waals surface area contributed by atoms with Crippen LogP contribution in [0.4, 0.5) is 0 Å². The second kappa shape index (κ2) is 5.51. The Bertz CT molecular complexity index is 582. The lowest BCUT2D eigenvalue weighted by Gasteiger charge is -2.41. The van der Waals surface area contributed by atoms with Gasteiger partial charge in [0.1, 0.15) is 0 Å². The predicted molar refractivity (Wildman–Crippen MR) is 81.1 cm³/mol. The van der Waals surface area contributed by atoms with E-state index in [1.165, 1.54) is 5.56 Å². The SMILES string of the molecule is Cc1ccc(C(=O)N2CCC3NC(=O)CCC3C2)cc1C. The molecule has 0 aliphatic carbocycles. The first-order chi connectivity index (χ1) is 10.0. The minimum Gasteiger partial charge on any atom is -0.353 e. The third kappa shape index (κ3) is 2.80. The maximum absolute atomic E-state index is 12.6. The number of carbonyl (C=O) groups is 2. The molecule has 1 aromatic rings. The molecule has 2 aliphatic heterocycles. The third-order valence-electron chi connectivity index (χ3n) is 4.86. The van der Waals surface area contributed by atoms with Gasteiger partial charge < -0.3 is 10.2 Å². The molecule has 0 bridgehead atoms. The van der Waals surface area contributed by atoms with Gasteiger partial charge in [0.2, 0.25) is 5.91 Å². The molecule has 0 radical (unpaired) electrons. The van der Waals surface area contributed by atoms with Crippen molar-refractivity contribution in [2.24, 2.45) is 5.92 Å². The zero-order valence-electron chi connectivity index (χ0n) is 12.7. The lowest BCUT2D eigenvalue weighted by Crippen LogP contribution is -2.55. The summed E-state index contributed by atoms with van der Waals surface area (Å²) in [5.74, 6) is 0.686. The minimum absolute atomic E-state index is 0.119. The Labute approximate surface area is 125 Å². The van der Waals surface area contributed by atoms with Gasteiger partial charge in [-0.3, -0.25) is 9.59 Å². The van der Waals surface area contributed by atoms with Crippen LogP contribution in [0.25, 0.3) is 0 Å². The number of nitrogens with zero attached hydrogens (tertiary/aromatic N) is 1. The van der Waals surface area contributed by atoms with Gasteiger partial charge in [-0.15, -0.1) is 0 Å². The number of fused-ring (bicyclic) bond motifs is 1. The van der Waals surface area contributed by atoms with Crippen molar-refractivity contribution < 1.29 is 9.59 Å². The van der Waals surface area contributed by atoms with Crippen LogP contribution in [0.2, 0.25) is 0 Å². The highest BCUT2D eigenvalue weighted by atomic mass is 16.2. The van der Waals surface area contributed by atoms with Crippen LogP contribution in [0, 0.1) is 19.8 Å². The molecular weight excluding hydrogens is 264 g/mol. The van der Waals surface area contributed by atoms with Gasteiger partial charge in [0, 0.05) is 31.1 Å². The zero-order valence-corrected chi connectivity index (χ0v) is 12.7. The topological polar surface area (TPSA) is 49.4 Å². The molecule has 2 saturated heterocycles. The number of benzene rings is 1. The van der Waals surface area contributed by atoms with E-state index in [1.54, 1.807) is 0 Å². The summed E-state index contributed by atoms with van der Waals surface area (Å²) < 4.78 is 0. The summed E-state index contributed by atoms with van der Waals surface area (Å²) >= 11 is 0. The Kier molecular flexibility index (Phi) is 3.70. The number of likely N-dealkylation sites (tertiary alicyclic amines) is 1. The number of amides is 2. The van der Waals surface area contributed by atoms with Crippen LogP contribution in [0.1, 0.15) is 40.7 Å². The molecule has 0 aromatic heterocycles. The standard InChI is InChI=1S/C17H22N2O2/c1-11-3-4-13(9-12(11)2)17(21)19-8-7-15-14(10-19)5-6-16(20)18-15/h3-4,9,14-15H,5-8,10H2,1-2H3,(H,18,20). The number of carbonyl (C=O) groups excluding carboxylic acids is 2. The van der Waals surface area contributed by atoms with Crippen molar-refractivity contribution in [3.8, 4) is 0 Å². The van der Waals surface area contributed by atoms with Crippen LogP contribution in [0.15, 0.2) is 18.2 Å². The molecule has 2 heterocycles. The van der Waals surface area contributed by atoms with Gasteiger partial charge in [0.25, 0.3) is 5.91 Å². The average Bonchev–Trinajstić information content (AvgIpc) is 2.49. The fraction of sp³-hybridized carbons (Fsp3) is 0.529. The first-order valence-electron chi connectivity index (χ1n) is 7.70. The quantitative estimate of drug-likeness (QED) is 0.859. The van der Waals surface area contributed by atoms with Gasteiger partial charge in [-0.2, -0.15) is 0 Å². The van der Waals surface area contributed by atoms with E-state index < -0.39 is 0 Å². The van der Waals surface area contributed by atoms with Crippen LogP contribution in [0.5, 0.6) is 0 Å². The Morgan fingerprint density at radius 2 is 2.05 bits per heavy atom. The van der Waals surface area contributed by atoms with Gasteiger partial charge in [0.15, 0.2) is 0 Å². The summed E-state index contributed by atoms with van der Waals surface area (Å²) in [7, 11) is 0. The summed E-state index contributed by atoms with van der Waals surface area (Å²) in [6, 6.07) is 6.16. The maximum Gasteiger partial charge on any atom is 0.253 e. The molecule has 1 N–H and O–H groups in total. The predicted octanol–water partition coefficient (Wildman–Crippen LogP) is 2.04. The van der Waals surface area contributed by atoms with Crippen molar-refractivity contribution in [2.45, 2.75) is 39.2 Å². The van der Waals surface area contributed by atoms with Crippen LogP contribution in [0.3, 0.4) is 0 Å². The number of nitrogens with one attached hydrogen (secondary N) is 1. The van der Waals surface area contributed by atoms with Crippen molar-refractivity contribution in [1.29, 1.82) is 0 Å². The molecule has 4 heteroatoms. The zero-order chi connectivity index (χ0) is 15.0. The molecule has 21 heavy (non-hydrogen) atoms. The second-order valence-corrected chi connectivity index (χ2v) is 6.31. The summed E-state index contributed by atoms with van der Waals surface area (Å²) in [6.07, 6.45) is 2.35. The van der Waals surface area contributed by atoms with E-state index in [-0.39, 0.29) is 17.9 Å². The summed E-state index contributed by atoms with van der Waals surface area (Å²) in [6.45, 7) is 5.58. The summed E-state index contributed by atoms with van der Waals surface area (Å²) in [4.78, 5) is 26.0. The highest BCUT2D eigenvalue weighted by Crippen LogP contribution is 2.26. The number of aryl methyl sites for hydroxylation is 2. The molecule has 2 aliphatic rings. The Morgan fingerprint density at radius 3 is 2.81 bits per heavy atom. The van der Waals surface area contributed by atoms with Gasteiger partial charge in [0.05, 0.1) is 0 Å². The van der Waals surface area contributed by atoms with Crippen molar-refractivity contribution in [2.75, 3.05) is 13.1 Å². The van der Waals surface area contributed by atoms with Crippen molar-refractivity contribution in [3.63, 3.8) is 0 Å². The molecule has 112 valence electrons. The monoisotopic (exact) mass is 286 g/mol. The molecule has 2 amide bonds. The highest BCUT2D eigenvalue weighted by Gasteiger charge is 2.35. The van der Waals surface area contributed by atoms with E-state index in [0.29, 0.717) is 12.3 Å². The van der Waals surface area contributed by atoms with Crippen LogP contribution < -0.4 is 5.32 Å². The Hall–Kier alpha value is -1.84. The van der Waals surface area contributed by atoms with Gasteiger partial charge >= 0.3 is 0 Å². The molecule has 0 spiro atoms. The average molecular weight is 286 g/mol. The van der Waals surface area contributed by atoms with E-state index in [0.717, 1.165) is 37.1 Å².